The molecule has 0 N–H and O–H groups in total. The fraction of sp³-hybridized carbons (Fsp3) is 0. The predicted octanol–water partition coefficient (Wildman–Crippen LogP) is 12.9. The average Bonchev–Trinajstić information content (AvgIpc) is 3.60. The molecule has 10 rings (SSSR count). The molecule has 0 atom stereocenters. The van der Waals surface area contributed by atoms with Gasteiger partial charge in [0.2, 0.25) is 0 Å². The van der Waals surface area contributed by atoms with Gasteiger partial charge < -0.3 is 4.42 Å². The van der Waals surface area contributed by atoms with Gasteiger partial charge in [0.1, 0.15) is 11.2 Å². The van der Waals surface area contributed by atoms with Crippen molar-refractivity contribution in [1.29, 1.82) is 0 Å². The smallest absolute Gasteiger partial charge is 0.165 e. The minimum Gasteiger partial charge on any atom is -0.456 e. The molecule has 0 aliphatic rings. The number of aromatic nitrogens is 3. The quantitative estimate of drug-likeness (QED) is 0.176. The molecule has 10 aromatic rings. The Bertz CT molecular complexity index is 2900. The van der Waals surface area contributed by atoms with Gasteiger partial charge in [-0.1, -0.05) is 164 Å². The molecule has 4 heteroatoms. The summed E-state index contributed by atoms with van der Waals surface area (Å²) in [7, 11) is 0. The largest absolute Gasteiger partial charge is 0.456 e. The molecule has 53 heavy (non-hydrogen) atoms. The van der Waals surface area contributed by atoms with Crippen molar-refractivity contribution in [3.63, 3.8) is 0 Å². The van der Waals surface area contributed by atoms with Gasteiger partial charge in [-0.15, -0.1) is 0 Å². The maximum Gasteiger partial charge on any atom is 0.165 e. The van der Waals surface area contributed by atoms with Gasteiger partial charge in [0.15, 0.2) is 17.5 Å². The molecular formula is C49H31N3O. The van der Waals surface area contributed by atoms with Crippen LogP contribution in [0.2, 0.25) is 0 Å². The van der Waals surface area contributed by atoms with E-state index >= 15 is 0 Å². The summed E-state index contributed by atoms with van der Waals surface area (Å²) >= 11 is 0. The number of nitrogens with zero attached hydrogens (tertiary/aromatic N) is 3. The standard InChI is InChI=1S/C49H31N3O/c1-4-12-32(13-5-1)33-20-22-34(23-21-33)35-24-26-38(27-25-35)48-50-47(37-16-8-3-9-17-37)51-49(52-48)46-41(36-14-6-2-7-15-36)28-29-43-45(46)42-30-39-18-10-11-19-40(39)31-44(42)53-43/h1-31H. The van der Waals surface area contributed by atoms with E-state index in [2.05, 4.69) is 146 Å². The number of hydrogen-bond acceptors (Lipinski definition) is 4. The topological polar surface area (TPSA) is 51.8 Å². The van der Waals surface area contributed by atoms with Crippen LogP contribution < -0.4 is 0 Å². The zero-order chi connectivity index (χ0) is 35.1. The molecular weight excluding hydrogens is 647 g/mol. The third-order valence-corrected chi connectivity index (χ3v) is 9.95. The van der Waals surface area contributed by atoms with Crippen LogP contribution in [0.15, 0.2) is 192 Å². The first kappa shape index (κ1) is 30.6. The van der Waals surface area contributed by atoms with E-state index in [-0.39, 0.29) is 0 Å². The van der Waals surface area contributed by atoms with Crippen LogP contribution in [0.5, 0.6) is 0 Å². The van der Waals surface area contributed by atoms with Crippen LogP contribution >= 0.6 is 0 Å². The van der Waals surface area contributed by atoms with E-state index in [1.165, 1.54) is 11.1 Å². The average molecular weight is 678 g/mol. The van der Waals surface area contributed by atoms with Crippen molar-refractivity contribution in [2.75, 3.05) is 0 Å². The van der Waals surface area contributed by atoms with Gasteiger partial charge in [0.05, 0.1) is 0 Å². The predicted molar refractivity (Wildman–Crippen MR) is 217 cm³/mol. The minimum atomic E-state index is 0.592. The molecule has 0 saturated heterocycles. The lowest BCUT2D eigenvalue weighted by Crippen LogP contribution is -2.01. The SMILES string of the molecule is c1ccc(-c2ccc(-c3ccc(-c4nc(-c5ccccc5)nc(-c5c(-c6ccccc6)ccc6oc7cc8ccccc8cc7c56)n4)cc3)cc2)cc1. The Hall–Kier alpha value is -7.17. The Morgan fingerprint density at radius 3 is 1.34 bits per heavy atom. The highest BCUT2D eigenvalue weighted by molar-refractivity contribution is 6.17. The molecule has 0 aliphatic heterocycles. The molecule has 0 aliphatic carbocycles. The van der Waals surface area contributed by atoms with Crippen molar-refractivity contribution in [2.24, 2.45) is 0 Å². The highest BCUT2D eigenvalue weighted by atomic mass is 16.3. The van der Waals surface area contributed by atoms with Crippen LogP contribution in [0.3, 0.4) is 0 Å². The molecule has 248 valence electrons. The third kappa shape index (κ3) is 5.63. The van der Waals surface area contributed by atoms with Gasteiger partial charge in [-0.2, -0.15) is 0 Å². The molecule has 8 aromatic carbocycles. The van der Waals surface area contributed by atoms with Crippen molar-refractivity contribution in [3.8, 4) is 67.5 Å². The van der Waals surface area contributed by atoms with Crippen LogP contribution in [0.25, 0.3) is 100 Å². The first-order valence-electron chi connectivity index (χ1n) is 17.8. The number of rotatable bonds is 6. The van der Waals surface area contributed by atoms with Crippen molar-refractivity contribution in [1.82, 2.24) is 15.0 Å². The van der Waals surface area contributed by atoms with Gasteiger partial charge in [-0.05, 0) is 68.4 Å². The van der Waals surface area contributed by atoms with Crippen molar-refractivity contribution in [2.45, 2.75) is 0 Å². The maximum atomic E-state index is 6.56. The summed E-state index contributed by atoms with van der Waals surface area (Å²) < 4.78 is 6.56. The summed E-state index contributed by atoms with van der Waals surface area (Å²) in [5.74, 6) is 1.81. The van der Waals surface area contributed by atoms with E-state index in [0.717, 1.165) is 71.7 Å². The summed E-state index contributed by atoms with van der Waals surface area (Å²) in [6, 6.07) is 65.1. The Morgan fingerprint density at radius 2 is 0.755 bits per heavy atom. The first-order valence-corrected chi connectivity index (χ1v) is 17.8. The fourth-order valence-electron chi connectivity index (χ4n) is 7.27. The van der Waals surface area contributed by atoms with Crippen molar-refractivity contribution in [3.05, 3.63) is 188 Å². The molecule has 0 saturated carbocycles. The Kier molecular flexibility index (Phi) is 7.43. The molecule has 2 aromatic heterocycles. The van der Waals surface area contributed by atoms with E-state index < -0.39 is 0 Å². The third-order valence-electron chi connectivity index (χ3n) is 9.95. The number of benzene rings is 8. The lowest BCUT2D eigenvalue weighted by Gasteiger charge is -2.14. The molecule has 0 radical (unpaired) electrons. The summed E-state index contributed by atoms with van der Waals surface area (Å²) in [6.45, 7) is 0. The number of hydrogen-bond donors (Lipinski definition) is 0. The van der Waals surface area contributed by atoms with Crippen LogP contribution in [-0.2, 0) is 0 Å². The second kappa shape index (κ2) is 12.9. The van der Waals surface area contributed by atoms with E-state index in [4.69, 9.17) is 19.4 Å². The lowest BCUT2D eigenvalue weighted by atomic mass is 9.94. The second-order valence-corrected chi connectivity index (χ2v) is 13.2. The van der Waals surface area contributed by atoms with E-state index in [0.29, 0.717) is 17.5 Å². The van der Waals surface area contributed by atoms with Gasteiger partial charge >= 0.3 is 0 Å². The highest BCUT2D eigenvalue weighted by Crippen LogP contribution is 2.43. The number of furan rings is 1. The van der Waals surface area contributed by atoms with Gasteiger partial charge in [0, 0.05) is 27.5 Å². The van der Waals surface area contributed by atoms with Crippen molar-refractivity contribution < 1.29 is 4.42 Å². The zero-order valence-corrected chi connectivity index (χ0v) is 28.6. The van der Waals surface area contributed by atoms with Crippen LogP contribution in [0.1, 0.15) is 0 Å². The molecule has 0 bridgehead atoms. The monoisotopic (exact) mass is 677 g/mol. The van der Waals surface area contributed by atoms with E-state index in [1.54, 1.807) is 0 Å². The first-order chi connectivity index (χ1) is 26.2. The molecule has 0 fully saturated rings. The normalized spacial score (nSPS) is 11.4. The van der Waals surface area contributed by atoms with Crippen LogP contribution in [0.4, 0.5) is 0 Å². The lowest BCUT2D eigenvalue weighted by molar-refractivity contribution is 0.669. The Morgan fingerprint density at radius 1 is 0.321 bits per heavy atom. The highest BCUT2D eigenvalue weighted by Gasteiger charge is 2.22. The van der Waals surface area contributed by atoms with E-state index in [1.807, 2.05) is 42.5 Å². The Labute approximate surface area is 306 Å². The zero-order valence-electron chi connectivity index (χ0n) is 28.6. The molecule has 0 unspecified atom stereocenters. The van der Waals surface area contributed by atoms with Crippen molar-refractivity contribution >= 4 is 32.7 Å². The van der Waals surface area contributed by atoms with Crippen LogP contribution in [-0.4, -0.2) is 15.0 Å². The van der Waals surface area contributed by atoms with Crippen LogP contribution in [0, 0.1) is 0 Å². The van der Waals surface area contributed by atoms with Gasteiger partial charge in [-0.3, -0.25) is 0 Å². The summed E-state index contributed by atoms with van der Waals surface area (Å²) in [5, 5.41) is 4.29. The number of fused-ring (bicyclic) bond motifs is 4. The Balaban J connectivity index is 1.16. The maximum absolute atomic E-state index is 6.56. The second-order valence-electron chi connectivity index (χ2n) is 13.2. The molecule has 0 spiro atoms. The molecule has 0 amide bonds. The summed E-state index contributed by atoms with van der Waals surface area (Å²) in [6.07, 6.45) is 0. The summed E-state index contributed by atoms with van der Waals surface area (Å²) in [4.78, 5) is 15.6. The van der Waals surface area contributed by atoms with Gasteiger partial charge in [0.25, 0.3) is 0 Å². The summed E-state index contributed by atoms with van der Waals surface area (Å²) in [5.41, 5.74) is 11.1. The minimum absolute atomic E-state index is 0.592. The molecule has 2 heterocycles. The fourth-order valence-corrected chi connectivity index (χ4v) is 7.27. The molecule has 4 nitrogen and oxygen atoms in total. The van der Waals surface area contributed by atoms with Gasteiger partial charge in [-0.25, -0.2) is 15.0 Å². The van der Waals surface area contributed by atoms with E-state index in [9.17, 15) is 0 Å².